The highest BCUT2D eigenvalue weighted by atomic mass is 32.2. The summed E-state index contributed by atoms with van der Waals surface area (Å²) in [6.07, 6.45) is 2.87. The summed E-state index contributed by atoms with van der Waals surface area (Å²) in [5, 5.41) is 0. The van der Waals surface area contributed by atoms with Gasteiger partial charge in [-0.3, -0.25) is 4.98 Å². The van der Waals surface area contributed by atoms with Gasteiger partial charge >= 0.3 is 0 Å². The Bertz CT molecular complexity index is 985. The van der Waals surface area contributed by atoms with Crippen LogP contribution in [0.1, 0.15) is 5.69 Å². The average molecular weight is 340 g/mol. The van der Waals surface area contributed by atoms with Gasteiger partial charge in [0.25, 0.3) is 0 Å². The van der Waals surface area contributed by atoms with Gasteiger partial charge in [0.15, 0.2) is 9.84 Å². The van der Waals surface area contributed by atoms with Crippen molar-refractivity contribution in [2.45, 2.75) is 11.8 Å². The summed E-state index contributed by atoms with van der Waals surface area (Å²) in [6, 6.07) is 12.1. The fourth-order valence-electron chi connectivity index (χ4n) is 2.48. The normalized spacial score (nSPS) is 11.4. The van der Waals surface area contributed by atoms with Gasteiger partial charge in [-0.05, 0) is 31.2 Å². The van der Waals surface area contributed by atoms with E-state index in [9.17, 15) is 8.42 Å². The predicted octanol–water partition coefficient (Wildman–Crippen LogP) is 2.50. The molecule has 0 amide bonds. The molecule has 2 N–H and O–H groups in total. The molecule has 3 aromatic rings. The van der Waals surface area contributed by atoms with E-state index in [4.69, 9.17) is 5.73 Å². The number of aryl methyl sites for hydroxylation is 1. The molecule has 0 spiro atoms. The molecule has 0 bridgehead atoms. The fourth-order valence-corrected chi connectivity index (χ4v) is 3.11. The number of aromatic nitrogens is 3. The lowest BCUT2D eigenvalue weighted by Gasteiger charge is -2.12. The van der Waals surface area contributed by atoms with Crippen molar-refractivity contribution in [1.82, 2.24) is 15.0 Å². The van der Waals surface area contributed by atoms with Crippen LogP contribution in [0.2, 0.25) is 0 Å². The van der Waals surface area contributed by atoms with Crippen molar-refractivity contribution in [3.8, 4) is 22.5 Å². The third-order valence-corrected chi connectivity index (χ3v) is 4.71. The van der Waals surface area contributed by atoms with Gasteiger partial charge in [0.1, 0.15) is 0 Å². The number of benzene rings is 1. The molecular weight excluding hydrogens is 324 g/mol. The minimum atomic E-state index is -3.25. The first-order valence-corrected chi connectivity index (χ1v) is 9.11. The minimum absolute atomic E-state index is 0.161. The second-order valence-electron chi connectivity index (χ2n) is 5.40. The van der Waals surface area contributed by atoms with E-state index in [1.807, 2.05) is 25.1 Å². The molecule has 0 aliphatic carbocycles. The van der Waals surface area contributed by atoms with Crippen molar-refractivity contribution in [2.24, 2.45) is 0 Å². The SMILES string of the molecule is Cc1nc(N)nc(-c2ccc(S(C)(=O)=O)cc2)c1-c1ccccn1. The topological polar surface area (TPSA) is 98.8 Å². The molecule has 1 aromatic carbocycles. The molecule has 0 atom stereocenters. The van der Waals surface area contributed by atoms with Crippen molar-refractivity contribution in [3.63, 3.8) is 0 Å². The Labute approximate surface area is 140 Å². The molecule has 0 aliphatic rings. The average Bonchev–Trinajstić information content (AvgIpc) is 2.54. The third kappa shape index (κ3) is 3.11. The Morgan fingerprint density at radius 1 is 1.00 bits per heavy atom. The van der Waals surface area contributed by atoms with Gasteiger partial charge in [-0.2, -0.15) is 0 Å². The van der Waals surface area contributed by atoms with Gasteiger partial charge in [0.05, 0.1) is 22.0 Å². The van der Waals surface area contributed by atoms with Crippen LogP contribution in [0.5, 0.6) is 0 Å². The number of sulfone groups is 1. The molecule has 0 aliphatic heterocycles. The number of nitrogens with two attached hydrogens (primary N) is 1. The quantitative estimate of drug-likeness (QED) is 0.786. The number of hydrogen-bond donors (Lipinski definition) is 1. The molecular formula is C17H16N4O2S. The highest BCUT2D eigenvalue weighted by Gasteiger charge is 2.16. The number of hydrogen-bond acceptors (Lipinski definition) is 6. The molecule has 2 aromatic heterocycles. The maximum absolute atomic E-state index is 11.6. The maximum atomic E-state index is 11.6. The first-order valence-electron chi connectivity index (χ1n) is 7.22. The highest BCUT2D eigenvalue weighted by molar-refractivity contribution is 7.90. The number of nitrogen functional groups attached to an aromatic ring is 1. The van der Waals surface area contributed by atoms with Crippen molar-refractivity contribution in [3.05, 3.63) is 54.4 Å². The van der Waals surface area contributed by atoms with E-state index < -0.39 is 9.84 Å². The van der Waals surface area contributed by atoms with Crippen LogP contribution >= 0.6 is 0 Å². The summed E-state index contributed by atoms with van der Waals surface area (Å²) in [7, 11) is -3.25. The van der Waals surface area contributed by atoms with Crippen LogP contribution in [-0.2, 0) is 9.84 Å². The van der Waals surface area contributed by atoms with Gasteiger partial charge in [-0.25, -0.2) is 18.4 Å². The summed E-state index contributed by atoms with van der Waals surface area (Å²) >= 11 is 0. The van der Waals surface area contributed by atoms with Gasteiger partial charge in [-0.15, -0.1) is 0 Å². The second kappa shape index (κ2) is 6.01. The monoisotopic (exact) mass is 340 g/mol. The van der Waals surface area contributed by atoms with E-state index in [0.29, 0.717) is 11.4 Å². The molecule has 122 valence electrons. The molecule has 24 heavy (non-hydrogen) atoms. The first kappa shape index (κ1) is 16.1. The summed E-state index contributed by atoms with van der Waals surface area (Å²) in [4.78, 5) is 13.2. The Balaban J connectivity index is 2.21. The van der Waals surface area contributed by atoms with Crippen molar-refractivity contribution in [1.29, 1.82) is 0 Å². The summed E-state index contributed by atoms with van der Waals surface area (Å²) in [5.41, 5.74) is 9.40. The zero-order chi connectivity index (χ0) is 17.3. The summed E-state index contributed by atoms with van der Waals surface area (Å²) in [6.45, 7) is 1.84. The standard InChI is InChI=1S/C17H16N4O2S/c1-11-15(14-5-3-4-10-19-14)16(21-17(18)20-11)12-6-8-13(9-7-12)24(2,22)23/h3-10H,1-2H3,(H2,18,20,21). The molecule has 0 fully saturated rings. The molecule has 0 radical (unpaired) electrons. The first-order chi connectivity index (χ1) is 11.4. The van der Waals surface area contributed by atoms with Gasteiger partial charge in [0.2, 0.25) is 5.95 Å². The molecule has 0 saturated heterocycles. The molecule has 0 unspecified atom stereocenters. The summed E-state index contributed by atoms with van der Waals surface area (Å²) < 4.78 is 23.2. The summed E-state index contributed by atoms with van der Waals surface area (Å²) in [5.74, 6) is 0.161. The highest BCUT2D eigenvalue weighted by Crippen LogP contribution is 2.32. The van der Waals surface area contributed by atoms with Crippen LogP contribution in [0, 0.1) is 6.92 Å². The van der Waals surface area contributed by atoms with Crippen molar-refractivity contribution >= 4 is 15.8 Å². The zero-order valence-corrected chi connectivity index (χ0v) is 14.1. The largest absolute Gasteiger partial charge is 0.368 e. The van der Waals surface area contributed by atoms with Gasteiger partial charge in [-0.1, -0.05) is 18.2 Å². The van der Waals surface area contributed by atoms with Crippen molar-refractivity contribution < 1.29 is 8.42 Å². The van der Waals surface area contributed by atoms with Crippen molar-refractivity contribution in [2.75, 3.05) is 12.0 Å². The van der Waals surface area contributed by atoms with E-state index in [-0.39, 0.29) is 10.8 Å². The maximum Gasteiger partial charge on any atom is 0.220 e. The van der Waals surface area contributed by atoms with Crippen LogP contribution in [0.25, 0.3) is 22.5 Å². The number of anilines is 1. The van der Waals surface area contributed by atoms with Crippen LogP contribution in [0.15, 0.2) is 53.6 Å². The van der Waals surface area contributed by atoms with Gasteiger partial charge in [0, 0.05) is 23.6 Å². The third-order valence-electron chi connectivity index (χ3n) is 3.58. The van der Waals surface area contributed by atoms with Crippen LogP contribution in [0.3, 0.4) is 0 Å². The van der Waals surface area contributed by atoms with E-state index >= 15 is 0 Å². The van der Waals surface area contributed by atoms with Crippen LogP contribution in [-0.4, -0.2) is 29.6 Å². The van der Waals surface area contributed by atoms with Crippen LogP contribution in [0.4, 0.5) is 5.95 Å². The van der Waals surface area contributed by atoms with E-state index in [0.717, 1.165) is 16.8 Å². The molecule has 7 heteroatoms. The van der Waals surface area contributed by atoms with Gasteiger partial charge < -0.3 is 5.73 Å². The zero-order valence-electron chi connectivity index (χ0n) is 13.3. The Morgan fingerprint density at radius 2 is 1.71 bits per heavy atom. The van der Waals surface area contributed by atoms with E-state index in [1.54, 1.807) is 30.5 Å². The minimum Gasteiger partial charge on any atom is -0.368 e. The Hall–Kier alpha value is -2.80. The van der Waals surface area contributed by atoms with Crippen LogP contribution < -0.4 is 5.73 Å². The number of rotatable bonds is 3. The Morgan fingerprint density at radius 3 is 2.29 bits per heavy atom. The molecule has 3 rings (SSSR count). The lowest BCUT2D eigenvalue weighted by molar-refractivity contribution is 0.602. The van der Waals surface area contributed by atoms with E-state index in [2.05, 4.69) is 15.0 Å². The second-order valence-corrected chi connectivity index (χ2v) is 7.42. The molecule has 6 nitrogen and oxygen atoms in total. The lowest BCUT2D eigenvalue weighted by Crippen LogP contribution is -2.03. The number of pyridine rings is 1. The Kier molecular flexibility index (Phi) is 4.02. The predicted molar refractivity (Wildman–Crippen MR) is 93.0 cm³/mol. The smallest absolute Gasteiger partial charge is 0.220 e. The molecule has 0 saturated carbocycles. The number of nitrogens with zero attached hydrogens (tertiary/aromatic N) is 3. The molecule has 2 heterocycles. The fraction of sp³-hybridized carbons (Fsp3) is 0.118. The van der Waals surface area contributed by atoms with E-state index in [1.165, 1.54) is 6.26 Å². The lowest BCUT2D eigenvalue weighted by atomic mass is 10.0.